The lowest BCUT2D eigenvalue weighted by molar-refractivity contribution is 0.0603. The van der Waals surface area contributed by atoms with E-state index in [-0.39, 0.29) is 5.97 Å². The number of fused-ring (bicyclic) bond motifs is 2. The van der Waals surface area contributed by atoms with Crippen molar-refractivity contribution in [1.29, 1.82) is 0 Å². The zero-order valence-electron chi connectivity index (χ0n) is 13.2. The van der Waals surface area contributed by atoms with Gasteiger partial charge in [0.25, 0.3) is 0 Å². The predicted molar refractivity (Wildman–Crippen MR) is 99.0 cm³/mol. The van der Waals surface area contributed by atoms with Crippen molar-refractivity contribution in [1.82, 2.24) is 0 Å². The van der Waals surface area contributed by atoms with E-state index in [1.807, 2.05) is 12.1 Å². The van der Waals surface area contributed by atoms with Crippen LogP contribution < -0.4 is 0 Å². The van der Waals surface area contributed by atoms with E-state index in [1.54, 1.807) is 0 Å². The maximum absolute atomic E-state index is 12.4. The van der Waals surface area contributed by atoms with Crippen molar-refractivity contribution < 1.29 is 9.53 Å². The third kappa shape index (κ3) is 1.57. The van der Waals surface area contributed by atoms with Crippen molar-refractivity contribution in [2.75, 3.05) is 7.11 Å². The molecule has 24 heavy (non-hydrogen) atoms. The molecule has 2 nitrogen and oxygen atoms in total. The Balaban J connectivity index is 2.21. The van der Waals surface area contributed by atoms with Gasteiger partial charge in [-0.15, -0.1) is 0 Å². The fourth-order valence-electron chi connectivity index (χ4n) is 3.94. The zero-order chi connectivity index (χ0) is 16.3. The molecule has 5 rings (SSSR count). The molecule has 0 aliphatic rings. The van der Waals surface area contributed by atoms with Crippen molar-refractivity contribution in [2.24, 2.45) is 0 Å². The Morgan fingerprint density at radius 3 is 1.92 bits per heavy atom. The molecule has 0 N–H and O–H groups in total. The number of ether oxygens (including phenoxy) is 1. The van der Waals surface area contributed by atoms with Gasteiger partial charge in [-0.05, 0) is 43.8 Å². The Morgan fingerprint density at radius 2 is 1.25 bits per heavy atom. The number of methoxy groups -OCH3 is 1. The Morgan fingerprint density at radius 1 is 0.667 bits per heavy atom. The summed E-state index contributed by atoms with van der Waals surface area (Å²) >= 11 is 0. The highest BCUT2D eigenvalue weighted by Gasteiger charge is 2.18. The van der Waals surface area contributed by atoms with Crippen LogP contribution in [0.5, 0.6) is 0 Å². The predicted octanol–water partition coefficient (Wildman–Crippen LogP) is 5.52. The van der Waals surface area contributed by atoms with Crippen LogP contribution in [-0.4, -0.2) is 13.1 Å². The molecule has 0 saturated carbocycles. The minimum Gasteiger partial charge on any atom is -0.465 e. The smallest absolute Gasteiger partial charge is 0.338 e. The summed E-state index contributed by atoms with van der Waals surface area (Å²) in [6, 6.07) is 22.8. The van der Waals surface area contributed by atoms with Gasteiger partial charge in [0.15, 0.2) is 0 Å². The number of carbonyl (C=O) groups is 1. The highest BCUT2D eigenvalue weighted by atomic mass is 16.5. The summed E-state index contributed by atoms with van der Waals surface area (Å²) in [4.78, 5) is 12.4. The molecule has 0 amide bonds. The molecule has 0 aliphatic heterocycles. The first kappa shape index (κ1) is 13.3. The molecule has 5 aromatic rings. The Labute approximate surface area is 138 Å². The molecule has 5 aromatic carbocycles. The van der Waals surface area contributed by atoms with Crippen molar-refractivity contribution >= 4 is 49.1 Å². The lowest BCUT2D eigenvalue weighted by atomic mass is 9.88. The molecule has 0 saturated heterocycles. The molecule has 0 unspecified atom stereocenters. The second kappa shape index (κ2) is 4.68. The Kier molecular flexibility index (Phi) is 2.60. The third-order valence-electron chi connectivity index (χ3n) is 4.92. The minimum absolute atomic E-state index is 0.293. The van der Waals surface area contributed by atoms with Crippen LogP contribution in [0.2, 0.25) is 0 Å². The molecule has 0 atom stereocenters. The molecule has 0 bridgehead atoms. The quantitative estimate of drug-likeness (QED) is 0.231. The zero-order valence-corrected chi connectivity index (χ0v) is 13.2. The van der Waals surface area contributed by atoms with Crippen LogP contribution in [-0.2, 0) is 4.74 Å². The van der Waals surface area contributed by atoms with Gasteiger partial charge in [0.2, 0.25) is 0 Å². The highest BCUT2D eigenvalue weighted by Crippen LogP contribution is 2.41. The fraction of sp³-hybridized carbons (Fsp3) is 0.0455. The van der Waals surface area contributed by atoms with Crippen LogP contribution >= 0.6 is 0 Å². The van der Waals surface area contributed by atoms with Crippen molar-refractivity contribution in [3.63, 3.8) is 0 Å². The van der Waals surface area contributed by atoms with E-state index in [9.17, 15) is 4.79 Å². The van der Waals surface area contributed by atoms with Crippen LogP contribution in [0.25, 0.3) is 43.1 Å². The van der Waals surface area contributed by atoms with Gasteiger partial charge in [0.1, 0.15) is 0 Å². The van der Waals surface area contributed by atoms with Crippen molar-refractivity contribution in [3.8, 4) is 0 Å². The normalized spacial score (nSPS) is 11.7. The van der Waals surface area contributed by atoms with E-state index in [0.29, 0.717) is 5.56 Å². The number of benzene rings is 5. The molecule has 0 heterocycles. The Hall–Kier alpha value is -3.13. The summed E-state index contributed by atoms with van der Waals surface area (Å²) in [5.41, 5.74) is 0.624. The summed E-state index contributed by atoms with van der Waals surface area (Å²) in [5.74, 6) is -0.293. The van der Waals surface area contributed by atoms with Gasteiger partial charge in [-0.1, -0.05) is 60.7 Å². The van der Waals surface area contributed by atoms with Crippen LogP contribution in [0.3, 0.4) is 0 Å². The SMILES string of the molecule is COC(=O)c1ccc2cccc3c4cccc5cccc(c1c23)c54. The maximum atomic E-state index is 12.4. The van der Waals surface area contributed by atoms with E-state index in [1.165, 1.54) is 28.7 Å². The van der Waals surface area contributed by atoms with E-state index in [4.69, 9.17) is 4.74 Å². The van der Waals surface area contributed by atoms with Crippen molar-refractivity contribution in [3.05, 3.63) is 72.3 Å². The van der Waals surface area contributed by atoms with Gasteiger partial charge in [-0.25, -0.2) is 4.79 Å². The minimum atomic E-state index is -0.293. The average molecular weight is 310 g/mol. The number of hydrogen-bond acceptors (Lipinski definition) is 2. The summed E-state index contributed by atoms with van der Waals surface area (Å²) in [5, 5.41) is 9.16. The number of esters is 1. The average Bonchev–Trinajstić information content (AvgIpc) is 2.64. The van der Waals surface area contributed by atoms with Crippen LogP contribution in [0.4, 0.5) is 0 Å². The van der Waals surface area contributed by atoms with E-state index in [0.717, 1.165) is 21.5 Å². The van der Waals surface area contributed by atoms with Gasteiger partial charge in [-0.3, -0.25) is 0 Å². The van der Waals surface area contributed by atoms with E-state index in [2.05, 4.69) is 54.6 Å². The Bertz CT molecular complexity index is 1250. The monoisotopic (exact) mass is 310 g/mol. The molecule has 0 spiro atoms. The molecule has 0 radical (unpaired) electrons. The first-order chi connectivity index (χ1) is 11.8. The standard InChI is InChI=1S/C22H14O2/c1-24-22(23)18-12-11-14-7-3-9-16-15-8-2-5-13-6-4-10-17(19(13)15)21(18)20(14)16/h2-12H,1H3. The van der Waals surface area contributed by atoms with Gasteiger partial charge >= 0.3 is 5.97 Å². The van der Waals surface area contributed by atoms with Gasteiger partial charge in [0.05, 0.1) is 12.7 Å². The van der Waals surface area contributed by atoms with Crippen LogP contribution in [0.1, 0.15) is 10.4 Å². The van der Waals surface area contributed by atoms with Crippen molar-refractivity contribution in [2.45, 2.75) is 0 Å². The third-order valence-corrected chi connectivity index (χ3v) is 4.92. The lowest BCUT2D eigenvalue weighted by Crippen LogP contribution is -2.03. The summed E-state index contributed by atoms with van der Waals surface area (Å²) in [6.07, 6.45) is 0. The number of rotatable bonds is 1. The van der Waals surface area contributed by atoms with Crippen LogP contribution in [0, 0.1) is 0 Å². The van der Waals surface area contributed by atoms with Gasteiger partial charge < -0.3 is 4.74 Å². The number of hydrogen-bond donors (Lipinski definition) is 0. The summed E-state index contributed by atoms with van der Waals surface area (Å²) < 4.78 is 5.04. The summed E-state index contributed by atoms with van der Waals surface area (Å²) in [6.45, 7) is 0. The molecule has 0 fully saturated rings. The summed E-state index contributed by atoms with van der Waals surface area (Å²) in [7, 11) is 1.43. The molecule has 0 aromatic heterocycles. The first-order valence-electron chi connectivity index (χ1n) is 7.96. The lowest BCUT2D eigenvalue weighted by Gasteiger charge is -2.16. The molecular formula is C22H14O2. The largest absolute Gasteiger partial charge is 0.465 e. The second-order valence-electron chi connectivity index (χ2n) is 6.09. The fourth-order valence-corrected chi connectivity index (χ4v) is 3.94. The van der Waals surface area contributed by atoms with Crippen LogP contribution in [0.15, 0.2) is 66.7 Å². The highest BCUT2D eigenvalue weighted by molar-refractivity contribution is 6.35. The molecule has 2 heteroatoms. The molecule has 114 valence electrons. The molecule has 0 aliphatic carbocycles. The van der Waals surface area contributed by atoms with Gasteiger partial charge in [0, 0.05) is 5.39 Å². The first-order valence-corrected chi connectivity index (χ1v) is 7.96. The topological polar surface area (TPSA) is 26.3 Å². The van der Waals surface area contributed by atoms with E-state index < -0.39 is 0 Å². The van der Waals surface area contributed by atoms with Gasteiger partial charge in [-0.2, -0.15) is 0 Å². The maximum Gasteiger partial charge on any atom is 0.338 e. The molecular weight excluding hydrogens is 296 g/mol. The number of carbonyl (C=O) groups excluding carboxylic acids is 1. The van der Waals surface area contributed by atoms with E-state index >= 15 is 0 Å². The second-order valence-corrected chi connectivity index (χ2v) is 6.09.